The van der Waals surface area contributed by atoms with Crippen LogP contribution >= 0.6 is 15.9 Å². The smallest absolute Gasteiger partial charge is 0.179 e. The zero-order valence-electron chi connectivity index (χ0n) is 6.96. The van der Waals surface area contributed by atoms with Gasteiger partial charge in [0, 0.05) is 12.5 Å². The lowest BCUT2D eigenvalue weighted by atomic mass is 9.99. The molecule has 1 fully saturated rings. The van der Waals surface area contributed by atoms with Crippen molar-refractivity contribution in [3.05, 3.63) is 22.6 Å². The molecule has 0 amide bonds. The van der Waals surface area contributed by atoms with E-state index in [0.29, 0.717) is 23.4 Å². The summed E-state index contributed by atoms with van der Waals surface area (Å²) in [5.74, 6) is 0.118. The molecule has 0 radical (unpaired) electrons. The zero-order chi connectivity index (χ0) is 9.26. The topological polar surface area (TPSA) is 39.4 Å². The summed E-state index contributed by atoms with van der Waals surface area (Å²) in [6.45, 7) is 1.22. The molecule has 0 bridgehead atoms. The summed E-state index contributed by atoms with van der Waals surface area (Å²) in [4.78, 5) is 11.8. The van der Waals surface area contributed by atoms with Crippen LogP contribution in [0.25, 0.3) is 0 Å². The van der Waals surface area contributed by atoms with Crippen molar-refractivity contribution < 1.29 is 13.9 Å². The van der Waals surface area contributed by atoms with E-state index in [-0.39, 0.29) is 11.7 Å². The Morgan fingerprint density at radius 2 is 2.46 bits per heavy atom. The maximum Gasteiger partial charge on any atom is 0.179 e. The minimum atomic E-state index is 0.00824. The molecule has 0 aliphatic carbocycles. The van der Waals surface area contributed by atoms with Crippen LogP contribution < -0.4 is 0 Å². The number of ketones is 1. The third kappa shape index (κ3) is 1.69. The third-order valence-electron chi connectivity index (χ3n) is 2.18. The van der Waals surface area contributed by atoms with E-state index in [1.165, 1.54) is 6.26 Å². The van der Waals surface area contributed by atoms with Gasteiger partial charge in [0.15, 0.2) is 10.5 Å². The fourth-order valence-corrected chi connectivity index (χ4v) is 1.87. The number of halogens is 1. The lowest BCUT2D eigenvalue weighted by Gasteiger charge is -2.03. The van der Waals surface area contributed by atoms with Crippen molar-refractivity contribution in [3.8, 4) is 0 Å². The van der Waals surface area contributed by atoms with Crippen molar-refractivity contribution in [2.24, 2.45) is 5.92 Å². The second-order valence-corrected chi connectivity index (χ2v) is 3.75. The van der Waals surface area contributed by atoms with Crippen molar-refractivity contribution in [2.75, 3.05) is 13.2 Å². The molecule has 1 aliphatic rings. The maximum absolute atomic E-state index is 11.8. The fraction of sp³-hybridized carbons (Fsp3) is 0.444. The fourth-order valence-electron chi connectivity index (χ4n) is 1.43. The Bertz CT molecular complexity index is 312. The van der Waals surface area contributed by atoms with Crippen LogP contribution in [0.1, 0.15) is 16.8 Å². The number of ether oxygens (including phenoxy) is 1. The van der Waals surface area contributed by atoms with Crippen molar-refractivity contribution in [1.82, 2.24) is 0 Å². The van der Waals surface area contributed by atoms with Crippen LogP contribution in [0, 0.1) is 5.92 Å². The first-order valence-electron chi connectivity index (χ1n) is 4.14. The van der Waals surface area contributed by atoms with Gasteiger partial charge in [0.25, 0.3) is 0 Å². The molecule has 1 aromatic rings. The van der Waals surface area contributed by atoms with E-state index in [0.717, 1.165) is 6.42 Å². The second kappa shape index (κ2) is 3.64. The largest absolute Gasteiger partial charge is 0.457 e. The molecule has 2 heterocycles. The average molecular weight is 245 g/mol. The van der Waals surface area contributed by atoms with Gasteiger partial charge in [0.1, 0.15) is 0 Å². The molecule has 0 N–H and O–H groups in total. The molecule has 4 heteroatoms. The summed E-state index contributed by atoms with van der Waals surface area (Å²) in [7, 11) is 0. The van der Waals surface area contributed by atoms with E-state index in [2.05, 4.69) is 15.9 Å². The van der Waals surface area contributed by atoms with Gasteiger partial charge in [-0.3, -0.25) is 4.79 Å². The van der Waals surface area contributed by atoms with E-state index in [1.54, 1.807) is 6.07 Å². The molecule has 0 aromatic carbocycles. The van der Waals surface area contributed by atoms with E-state index in [9.17, 15) is 4.79 Å². The molecule has 0 spiro atoms. The minimum absolute atomic E-state index is 0.00824. The van der Waals surface area contributed by atoms with Crippen LogP contribution in [-0.2, 0) is 4.74 Å². The van der Waals surface area contributed by atoms with Gasteiger partial charge in [-0.25, -0.2) is 0 Å². The van der Waals surface area contributed by atoms with E-state index < -0.39 is 0 Å². The predicted octanol–water partition coefficient (Wildman–Crippen LogP) is 2.26. The Labute approximate surface area is 84.2 Å². The summed E-state index contributed by atoms with van der Waals surface area (Å²) in [5.41, 5.74) is 0.621. The highest BCUT2D eigenvalue weighted by atomic mass is 79.9. The summed E-state index contributed by atoms with van der Waals surface area (Å²) in [6, 6.07) is 1.69. The number of carbonyl (C=O) groups excluding carboxylic acids is 1. The number of Topliss-reactive ketones (excluding diaryl/α,β-unsaturated/α-hetero) is 1. The van der Waals surface area contributed by atoms with Crippen LogP contribution in [0.4, 0.5) is 0 Å². The molecule has 1 atom stereocenters. The van der Waals surface area contributed by atoms with Gasteiger partial charge in [-0.1, -0.05) is 0 Å². The Morgan fingerprint density at radius 1 is 1.62 bits per heavy atom. The highest BCUT2D eigenvalue weighted by Crippen LogP contribution is 2.24. The van der Waals surface area contributed by atoms with E-state index >= 15 is 0 Å². The predicted molar refractivity (Wildman–Crippen MR) is 49.7 cm³/mol. The van der Waals surface area contributed by atoms with Gasteiger partial charge in [0.05, 0.1) is 18.4 Å². The van der Waals surface area contributed by atoms with E-state index in [4.69, 9.17) is 9.15 Å². The van der Waals surface area contributed by atoms with Gasteiger partial charge in [-0.2, -0.15) is 0 Å². The molecule has 0 saturated carbocycles. The lowest BCUT2D eigenvalue weighted by molar-refractivity contribution is 0.0898. The number of furan rings is 1. The first-order chi connectivity index (χ1) is 6.29. The molecule has 1 saturated heterocycles. The SMILES string of the molecule is O=C(c1ccoc1Br)C1CCOC1. The Hall–Kier alpha value is -0.610. The Kier molecular flexibility index (Phi) is 2.51. The highest BCUT2D eigenvalue weighted by Gasteiger charge is 2.26. The van der Waals surface area contributed by atoms with Gasteiger partial charge < -0.3 is 9.15 Å². The number of rotatable bonds is 2. The van der Waals surface area contributed by atoms with E-state index in [1.807, 2.05) is 0 Å². The molecule has 13 heavy (non-hydrogen) atoms. The average Bonchev–Trinajstić information content (AvgIpc) is 2.72. The summed E-state index contributed by atoms with van der Waals surface area (Å²) in [6.07, 6.45) is 2.32. The van der Waals surface area contributed by atoms with Crippen molar-refractivity contribution >= 4 is 21.7 Å². The van der Waals surface area contributed by atoms with Crippen molar-refractivity contribution in [3.63, 3.8) is 0 Å². The monoisotopic (exact) mass is 244 g/mol. The quantitative estimate of drug-likeness (QED) is 0.750. The highest BCUT2D eigenvalue weighted by molar-refractivity contribution is 9.10. The summed E-state index contributed by atoms with van der Waals surface area (Å²) < 4.78 is 10.7. The maximum atomic E-state index is 11.8. The normalized spacial score (nSPS) is 22.1. The minimum Gasteiger partial charge on any atom is -0.457 e. The van der Waals surface area contributed by atoms with Crippen LogP contribution in [0.5, 0.6) is 0 Å². The van der Waals surface area contributed by atoms with Crippen molar-refractivity contribution in [1.29, 1.82) is 0 Å². The first-order valence-corrected chi connectivity index (χ1v) is 4.93. The van der Waals surface area contributed by atoms with Crippen LogP contribution in [0.2, 0.25) is 0 Å². The Balaban J connectivity index is 2.17. The van der Waals surface area contributed by atoms with Crippen LogP contribution in [-0.4, -0.2) is 19.0 Å². The Morgan fingerprint density at radius 3 is 3.00 bits per heavy atom. The van der Waals surface area contributed by atoms with Gasteiger partial charge in [-0.15, -0.1) is 0 Å². The molecule has 70 valence electrons. The molecule has 1 aromatic heterocycles. The zero-order valence-corrected chi connectivity index (χ0v) is 8.54. The third-order valence-corrected chi connectivity index (χ3v) is 2.80. The van der Waals surface area contributed by atoms with Gasteiger partial charge in [0.2, 0.25) is 0 Å². The first kappa shape index (κ1) is 8.97. The summed E-state index contributed by atoms with van der Waals surface area (Å²) in [5, 5.41) is 0. The van der Waals surface area contributed by atoms with Gasteiger partial charge in [-0.05, 0) is 28.4 Å². The van der Waals surface area contributed by atoms with Crippen LogP contribution in [0.3, 0.4) is 0 Å². The number of hydrogen-bond acceptors (Lipinski definition) is 3. The summed E-state index contributed by atoms with van der Waals surface area (Å²) >= 11 is 3.19. The molecule has 1 unspecified atom stereocenters. The van der Waals surface area contributed by atoms with Crippen LogP contribution in [0.15, 0.2) is 21.4 Å². The molecule has 1 aliphatic heterocycles. The molecular weight excluding hydrogens is 236 g/mol. The van der Waals surface area contributed by atoms with Crippen molar-refractivity contribution in [2.45, 2.75) is 6.42 Å². The number of carbonyl (C=O) groups is 1. The molecule has 3 nitrogen and oxygen atoms in total. The lowest BCUT2D eigenvalue weighted by Crippen LogP contribution is -2.14. The standard InChI is InChI=1S/C9H9BrO3/c10-9-7(2-4-13-9)8(11)6-1-3-12-5-6/h2,4,6H,1,3,5H2. The molecular formula is C9H9BrO3. The number of hydrogen-bond donors (Lipinski definition) is 0. The van der Waals surface area contributed by atoms with Gasteiger partial charge >= 0.3 is 0 Å². The second-order valence-electron chi connectivity index (χ2n) is 3.03. The molecule has 2 rings (SSSR count).